The fourth-order valence-electron chi connectivity index (χ4n) is 4.10. The molecule has 1 unspecified atom stereocenters. The predicted molar refractivity (Wildman–Crippen MR) is 136 cm³/mol. The van der Waals surface area contributed by atoms with E-state index >= 15 is 0 Å². The number of ether oxygens (including phenoxy) is 1. The van der Waals surface area contributed by atoms with Gasteiger partial charge < -0.3 is 20.3 Å². The normalized spacial score (nSPS) is 17.4. The molecular formula is C27H34N4O3. The van der Waals surface area contributed by atoms with Gasteiger partial charge in [0.1, 0.15) is 11.8 Å². The number of methoxy groups -OCH3 is 1. The quantitative estimate of drug-likeness (QED) is 0.559. The molecule has 0 aromatic heterocycles. The van der Waals surface area contributed by atoms with E-state index in [1.54, 1.807) is 20.1 Å². The van der Waals surface area contributed by atoms with Crippen molar-refractivity contribution in [3.8, 4) is 5.75 Å². The van der Waals surface area contributed by atoms with E-state index in [1.807, 2.05) is 42.5 Å². The zero-order chi connectivity index (χ0) is 23.9. The van der Waals surface area contributed by atoms with Gasteiger partial charge in [-0.15, -0.1) is 0 Å². The van der Waals surface area contributed by atoms with E-state index in [4.69, 9.17) is 4.74 Å². The predicted octanol–water partition coefficient (Wildman–Crippen LogP) is 3.38. The van der Waals surface area contributed by atoms with Crippen LogP contribution in [0.25, 0.3) is 6.08 Å². The van der Waals surface area contributed by atoms with Crippen molar-refractivity contribution in [2.24, 2.45) is 5.92 Å². The second-order valence-electron chi connectivity index (χ2n) is 9.11. The molecule has 2 fully saturated rings. The Balaban J connectivity index is 1.25. The summed E-state index contributed by atoms with van der Waals surface area (Å²) in [7, 11) is 1.61. The van der Waals surface area contributed by atoms with Crippen molar-refractivity contribution >= 4 is 29.3 Å². The molecule has 0 spiro atoms. The van der Waals surface area contributed by atoms with E-state index in [0.717, 1.165) is 54.8 Å². The van der Waals surface area contributed by atoms with Gasteiger partial charge in [-0.25, -0.2) is 0 Å². The van der Waals surface area contributed by atoms with Crippen LogP contribution in [0.5, 0.6) is 5.75 Å². The van der Waals surface area contributed by atoms with Crippen LogP contribution in [-0.4, -0.2) is 62.6 Å². The second-order valence-corrected chi connectivity index (χ2v) is 9.11. The van der Waals surface area contributed by atoms with Crippen LogP contribution in [0.3, 0.4) is 0 Å². The molecule has 1 saturated heterocycles. The molecule has 1 atom stereocenters. The molecule has 0 bridgehead atoms. The summed E-state index contributed by atoms with van der Waals surface area (Å²) in [4.78, 5) is 29.8. The molecule has 7 nitrogen and oxygen atoms in total. The SMILES string of the molecule is COc1ccc(/C=C/C(=O)NC(C)C(=O)Nc2cccc(N3CCN(CC4CC4)CC3)c2)cc1. The maximum absolute atomic E-state index is 12.6. The minimum Gasteiger partial charge on any atom is -0.497 e. The molecule has 1 aliphatic heterocycles. The molecule has 0 radical (unpaired) electrons. The van der Waals surface area contributed by atoms with Crippen molar-refractivity contribution in [2.45, 2.75) is 25.8 Å². The number of carbonyl (C=O) groups is 2. The number of carbonyl (C=O) groups excluding carboxylic acids is 2. The van der Waals surface area contributed by atoms with Crippen LogP contribution >= 0.6 is 0 Å². The van der Waals surface area contributed by atoms with Gasteiger partial charge in [0.05, 0.1) is 7.11 Å². The smallest absolute Gasteiger partial charge is 0.246 e. The Morgan fingerprint density at radius 1 is 1.09 bits per heavy atom. The van der Waals surface area contributed by atoms with E-state index in [9.17, 15) is 9.59 Å². The highest BCUT2D eigenvalue weighted by atomic mass is 16.5. The van der Waals surface area contributed by atoms with Gasteiger partial charge in [-0.3, -0.25) is 14.5 Å². The van der Waals surface area contributed by atoms with Crippen LogP contribution in [0.15, 0.2) is 54.6 Å². The summed E-state index contributed by atoms with van der Waals surface area (Å²) in [5, 5.41) is 5.65. The van der Waals surface area contributed by atoms with E-state index in [1.165, 1.54) is 25.5 Å². The number of nitrogens with zero attached hydrogens (tertiary/aromatic N) is 2. The summed E-state index contributed by atoms with van der Waals surface area (Å²) < 4.78 is 5.13. The summed E-state index contributed by atoms with van der Waals surface area (Å²) in [5.74, 6) is 1.10. The Morgan fingerprint density at radius 2 is 1.82 bits per heavy atom. The third-order valence-electron chi connectivity index (χ3n) is 6.36. The molecule has 1 saturated carbocycles. The molecule has 1 aliphatic carbocycles. The van der Waals surface area contributed by atoms with Crippen LogP contribution in [0.2, 0.25) is 0 Å². The van der Waals surface area contributed by atoms with Gasteiger partial charge in [-0.2, -0.15) is 0 Å². The van der Waals surface area contributed by atoms with Crippen LogP contribution in [0.1, 0.15) is 25.3 Å². The average molecular weight is 463 g/mol. The molecular weight excluding hydrogens is 428 g/mol. The van der Waals surface area contributed by atoms with Gasteiger partial charge in [-0.05, 0) is 67.7 Å². The lowest BCUT2D eigenvalue weighted by Gasteiger charge is -2.36. The van der Waals surface area contributed by atoms with Gasteiger partial charge >= 0.3 is 0 Å². The largest absolute Gasteiger partial charge is 0.497 e. The lowest BCUT2D eigenvalue weighted by Crippen LogP contribution is -2.47. The Labute approximate surface area is 201 Å². The monoisotopic (exact) mass is 462 g/mol. The summed E-state index contributed by atoms with van der Waals surface area (Å²) in [5.41, 5.74) is 2.72. The molecule has 1 heterocycles. The Hall–Kier alpha value is -3.32. The van der Waals surface area contributed by atoms with E-state index in [2.05, 4.69) is 26.5 Å². The first-order valence-corrected chi connectivity index (χ1v) is 12.0. The molecule has 180 valence electrons. The summed E-state index contributed by atoms with van der Waals surface area (Å²) >= 11 is 0. The number of anilines is 2. The molecule has 7 heteroatoms. The van der Waals surface area contributed by atoms with Crippen LogP contribution in [0, 0.1) is 5.92 Å². The van der Waals surface area contributed by atoms with Crippen molar-refractivity contribution in [3.63, 3.8) is 0 Å². The molecule has 2 aromatic carbocycles. The van der Waals surface area contributed by atoms with Gasteiger partial charge in [0.15, 0.2) is 0 Å². The first-order valence-electron chi connectivity index (χ1n) is 12.0. The number of nitrogens with one attached hydrogen (secondary N) is 2. The Morgan fingerprint density at radius 3 is 2.50 bits per heavy atom. The first kappa shape index (κ1) is 23.8. The highest BCUT2D eigenvalue weighted by Gasteiger charge is 2.26. The Kier molecular flexibility index (Phi) is 7.85. The van der Waals surface area contributed by atoms with Crippen LogP contribution in [-0.2, 0) is 9.59 Å². The van der Waals surface area contributed by atoms with Gasteiger partial charge in [0.25, 0.3) is 0 Å². The van der Waals surface area contributed by atoms with Gasteiger partial charge in [0, 0.05) is 50.2 Å². The number of hydrogen-bond acceptors (Lipinski definition) is 5. The average Bonchev–Trinajstić information content (AvgIpc) is 3.67. The first-order chi connectivity index (χ1) is 16.5. The zero-order valence-corrected chi connectivity index (χ0v) is 20.0. The number of rotatable bonds is 9. The topological polar surface area (TPSA) is 73.9 Å². The van der Waals surface area contributed by atoms with Crippen molar-refractivity contribution in [2.75, 3.05) is 50.1 Å². The number of hydrogen-bond donors (Lipinski definition) is 2. The van der Waals surface area contributed by atoms with E-state index in [-0.39, 0.29) is 11.8 Å². The standard InChI is InChI=1S/C27H34N4O3/c1-20(28-26(32)13-10-21-8-11-25(34-2)12-9-21)27(33)29-23-4-3-5-24(18-23)31-16-14-30(15-17-31)19-22-6-7-22/h3-5,8-13,18,20,22H,6-7,14-17,19H2,1-2H3,(H,28,32)(H,29,33)/b13-10+. The van der Waals surface area contributed by atoms with Crippen molar-refractivity contribution in [1.82, 2.24) is 10.2 Å². The summed E-state index contributed by atoms with van der Waals surface area (Å²) in [6, 6.07) is 14.6. The number of piperazine rings is 1. The number of amides is 2. The third-order valence-corrected chi connectivity index (χ3v) is 6.36. The minimum atomic E-state index is -0.664. The minimum absolute atomic E-state index is 0.252. The molecule has 2 aliphatic rings. The fraction of sp³-hybridized carbons (Fsp3) is 0.407. The summed E-state index contributed by atoms with van der Waals surface area (Å²) in [6.07, 6.45) is 5.90. The molecule has 2 aromatic rings. The molecule has 2 N–H and O–H groups in total. The molecule has 4 rings (SSSR count). The zero-order valence-electron chi connectivity index (χ0n) is 20.0. The number of benzene rings is 2. The van der Waals surface area contributed by atoms with Crippen LogP contribution < -0.4 is 20.3 Å². The van der Waals surface area contributed by atoms with E-state index in [0.29, 0.717) is 0 Å². The molecule has 34 heavy (non-hydrogen) atoms. The van der Waals surface area contributed by atoms with Crippen molar-refractivity contribution < 1.29 is 14.3 Å². The Bertz CT molecular complexity index is 1010. The van der Waals surface area contributed by atoms with Gasteiger partial charge in [0.2, 0.25) is 11.8 Å². The molecule has 2 amide bonds. The maximum atomic E-state index is 12.6. The van der Waals surface area contributed by atoms with Gasteiger partial charge in [-0.1, -0.05) is 18.2 Å². The third kappa shape index (κ3) is 6.84. The lowest BCUT2D eigenvalue weighted by molar-refractivity contribution is -0.123. The fourth-order valence-corrected chi connectivity index (χ4v) is 4.10. The maximum Gasteiger partial charge on any atom is 0.246 e. The highest BCUT2D eigenvalue weighted by molar-refractivity contribution is 6.00. The van der Waals surface area contributed by atoms with E-state index < -0.39 is 6.04 Å². The summed E-state index contributed by atoms with van der Waals surface area (Å²) in [6.45, 7) is 7.08. The van der Waals surface area contributed by atoms with Crippen molar-refractivity contribution in [3.05, 3.63) is 60.2 Å². The van der Waals surface area contributed by atoms with Crippen LogP contribution in [0.4, 0.5) is 11.4 Å². The highest BCUT2D eigenvalue weighted by Crippen LogP contribution is 2.30. The van der Waals surface area contributed by atoms with Crippen molar-refractivity contribution in [1.29, 1.82) is 0 Å². The second kappa shape index (κ2) is 11.2. The lowest BCUT2D eigenvalue weighted by atomic mass is 10.2.